The van der Waals surface area contributed by atoms with Crippen molar-refractivity contribution in [3.05, 3.63) is 0 Å². The first-order chi connectivity index (χ1) is 8.30. The van der Waals surface area contributed by atoms with Gasteiger partial charge in [-0.05, 0) is 34.6 Å². The molecule has 18 heavy (non-hydrogen) atoms. The van der Waals surface area contributed by atoms with E-state index < -0.39 is 24.0 Å². The van der Waals surface area contributed by atoms with Gasteiger partial charge in [-0.25, -0.2) is 9.59 Å². The lowest BCUT2D eigenvalue weighted by molar-refractivity contribution is -0.0449. The van der Waals surface area contributed by atoms with Gasteiger partial charge in [-0.2, -0.15) is 0 Å². The molecule has 0 radical (unpaired) electrons. The highest BCUT2D eigenvalue weighted by molar-refractivity contribution is 5.60. The summed E-state index contributed by atoms with van der Waals surface area (Å²) in [6.07, 6.45) is -1.53. The van der Waals surface area contributed by atoms with Crippen molar-refractivity contribution in [2.75, 3.05) is 13.2 Å². The van der Waals surface area contributed by atoms with Crippen LogP contribution in [0, 0.1) is 0 Å². The molecule has 0 saturated heterocycles. The number of rotatable bonds is 6. The van der Waals surface area contributed by atoms with E-state index in [0.29, 0.717) is 6.42 Å². The molecule has 0 N–H and O–H groups in total. The molecule has 106 valence electrons. The highest BCUT2D eigenvalue weighted by Gasteiger charge is 2.28. The van der Waals surface area contributed by atoms with Crippen LogP contribution in [-0.2, 0) is 18.9 Å². The van der Waals surface area contributed by atoms with Crippen LogP contribution in [0.5, 0.6) is 0 Å². The molecule has 1 atom stereocenters. The Balaban J connectivity index is 4.13. The van der Waals surface area contributed by atoms with Crippen molar-refractivity contribution in [3.8, 4) is 0 Å². The lowest BCUT2D eigenvalue weighted by atomic mass is 10.0. The Morgan fingerprint density at radius 2 is 1.56 bits per heavy atom. The van der Waals surface area contributed by atoms with Crippen molar-refractivity contribution < 1.29 is 28.5 Å². The lowest BCUT2D eigenvalue weighted by Gasteiger charge is -2.27. The van der Waals surface area contributed by atoms with Crippen LogP contribution in [0.1, 0.15) is 41.0 Å². The summed E-state index contributed by atoms with van der Waals surface area (Å²) in [6.45, 7) is 9.04. The molecule has 0 aromatic rings. The molecule has 6 heteroatoms. The topological polar surface area (TPSA) is 71.1 Å². The van der Waals surface area contributed by atoms with E-state index >= 15 is 0 Å². The second kappa shape index (κ2) is 7.79. The Morgan fingerprint density at radius 1 is 1.06 bits per heavy atom. The van der Waals surface area contributed by atoms with Crippen LogP contribution in [0.15, 0.2) is 0 Å². The van der Waals surface area contributed by atoms with Gasteiger partial charge in [-0.1, -0.05) is 0 Å². The Hall–Kier alpha value is -1.46. The van der Waals surface area contributed by atoms with Crippen molar-refractivity contribution in [2.24, 2.45) is 0 Å². The molecular weight excluding hydrogens is 240 g/mol. The number of hydrogen-bond acceptors (Lipinski definition) is 6. The largest absolute Gasteiger partial charge is 0.508 e. The molecule has 0 heterocycles. The molecule has 0 aromatic carbocycles. The highest BCUT2D eigenvalue weighted by atomic mass is 16.7. The van der Waals surface area contributed by atoms with Crippen LogP contribution < -0.4 is 0 Å². The van der Waals surface area contributed by atoms with Crippen molar-refractivity contribution in [1.29, 1.82) is 0 Å². The van der Waals surface area contributed by atoms with Gasteiger partial charge >= 0.3 is 12.3 Å². The predicted octanol–water partition coefficient (Wildman–Crippen LogP) is 2.89. The third-order valence-corrected chi connectivity index (χ3v) is 1.96. The quantitative estimate of drug-likeness (QED) is 0.685. The maximum Gasteiger partial charge on any atom is 0.508 e. The summed E-state index contributed by atoms with van der Waals surface area (Å²) < 4.78 is 19.4. The van der Waals surface area contributed by atoms with Crippen LogP contribution in [0.2, 0.25) is 0 Å². The maximum atomic E-state index is 11.2. The minimum absolute atomic E-state index is 0.254. The van der Waals surface area contributed by atoms with Gasteiger partial charge in [0.2, 0.25) is 0 Å². The summed E-state index contributed by atoms with van der Waals surface area (Å²) in [6, 6.07) is 0. The maximum absolute atomic E-state index is 11.2. The van der Waals surface area contributed by atoms with Gasteiger partial charge in [0.1, 0.15) is 11.7 Å². The Bertz CT molecular complexity index is 274. The van der Waals surface area contributed by atoms with Gasteiger partial charge in [0.15, 0.2) is 0 Å². The van der Waals surface area contributed by atoms with Crippen LogP contribution in [-0.4, -0.2) is 37.2 Å². The van der Waals surface area contributed by atoms with Gasteiger partial charge < -0.3 is 18.9 Å². The van der Waals surface area contributed by atoms with Crippen molar-refractivity contribution in [2.45, 2.75) is 52.7 Å². The molecule has 0 aliphatic carbocycles. The van der Waals surface area contributed by atoms with Gasteiger partial charge in [-0.3, -0.25) is 0 Å². The zero-order valence-corrected chi connectivity index (χ0v) is 11.6. The molecule has 0 spiro atoms. The fraction of sp³-hybridized carbons (Fsp3) is 0.833. The summed E-state index contributed by atoms with van der Waals surface area (Å²) in [7, 11) is 0. The Morgan fingerprint density at radius 3 is 2.06 bits per heavy atom. The van der Waals surface area contributed by atoms with Gasteiger partial charge in [0.05, 0.1) is 13.2 Å². The van der Waals surface area contributed by atoms with E-state index in [1.54, 1.807) is 34.6 Å². The third-order valence-electron chi connectivity index (χ3n) is 1.96. The molecule has 0 saturated carbocycles. The van der Waals surface area contributed by atoms with Crippen LogP contribution >= 0.6 is 0 Å². The zero-order valence-electron chi connectivity index (χ0n) is 11.6. The minimum Gasteiger partial charge on any atom is -0.435 e. The Kier molecular flexibility index (Phi) is 7.16. The molecule has 0 aliphatic rings. The first kappa shape index (κ1) is 16.5. The van der Waals surface area contributed by atoms with Crippen LogP contribution in [0.4, 0.5) is 9.59 Å². The SMILES string of the molecule is CCOC(=O)OC(C)CC(C)(C)OC(=O)OCC. The summed E-state index contributed by atoms with van der Waals surface area (Å²) in [5.41, 5.74) is -0.780. The molecule has 0 aliphatic heterocycles. The molecule has 0 fully saturated rings. The van der Waals surface area contributed by atoms with E-state index in [-0.39, 0.29) is 13.2 Å². The average molecular weight is 262 g/mol. The molecule has 0 amide bonds. The van der Waals surface area contributed by atoms with Crippen LogP contribution in [0.3, 0.4) is 0 Å². The predicted molar refractivity (Wildman–Crippen MR) is 64.4 cm³/mol. The number of hydrogen-bond donors (Lipinski definition) is 0. The second-order valence-corrected chi connectivity index (χ2v) is 4.36. The molecular formula is C12H22O6. The summed E-state index contributed by atoms with van der Waals surface area (Å²) in [4.78, 5) is 22.3. The first-order valence-corrected chi connectivity index (χ1v) is 6.00. The van der Waals surface area contributed by atoms with Gasteiger partial charge in [0.25, 0.3) is 0 Å². The molecule has 6 nitrogen and oxygen atoms in total. The van der Waals surface area contributed by atoms with E-state index in [1.165, 1.54) is 0 Å². The third kappa shape index (κ3) is 7.76. The number of ether oxygens (including phenoxy) is 4. The standard InChI is InChI=1S/C12H22O6/c1-6-15-10(13)17-9(3)8-12(4,5)18-11(14)16-7-2/h9H,6-8H2,1-5H3. The van der Waals surface area contributed by atoms with E-state index in [2.05, 4.69) is 9.47 Å². The normalized spacial score (nSPS) is 12.5. The van der Waals surface area contributed by atoms with Gasteiger partial charge in [-0.15, -0.1) is 0 Å². The highest BCUT2D eigenvalue weighted by Crippen LogP contribution is 2.19. The fourth-order valence-electron chi connectivity index (χ4n) is 1.46. The second-order valence-electron chi connectivity index (χ2n) is 4.36. The number of carbonyl (C=O) groups is 2. The van der Waals surface area contributed by atoms with E-state index in [1.807, 2.05) is 0 Å². The van der Waals surface area contributed by atoms with Crippen LogP contribution in [0.25, 0.3) is 0 Å². The minimum atomic E-state index is -0.780. The van der Waals surface area contributed by atoms with E-state index in [4.69, 9.17) is 9.47 Å². The Labute approximate surface area is 108 Å². The molecule has 1 unspecified atom stereocenters. The monoisotopic (exact) mass is 262 g/mol. The molecule has 0 bridgehead atoms. The van der Waals surface area contributed by atoms with E-state index in [9.17, 15) is 9.59 Å². The molecule has 0 rings (SSSR count). The molecule has 0 aromatic heterocycles. The van der Waals surface area contributed by atoms with E-state index in [0.717, 1.165) is 0 Å². The summed E-state index contributed by atoms with van der Waals surface area (Å²) in [5, 5.41) is 0. The smallest absolute Gasteiger partial charge is 0.435 e. The van der Waals surface area contributed by atoms with Crippen molar-refractivity contribution >= 4 is 12.3 Å². The average Bonchev–Trinajstić information content (AvgIpc) is 2.14. The number of carbonyl (C=O) groups excluding carboxylic acids is 2. The van der Waals surface area contributed by atoms with Gasteiger partial charge in [0, 0.05) is 6.42 Å². The van der Waals surface area contributed by atoms with Crippen molar-refractivity contribution in [1.82, 2.24) is 0 Å². The summed E-state index contributed by atoms with van der Waals surface area (Å²) in [5.74, 6) is 0. The lowest BCUT2D eigenvalue weighted by Crippen LogP contribution is -2.33. The fourth-order valence-corrected chi connectivity index (χ4v) is 1.46. The zero-order chi connectivity index (χ0) is 14.2. The van der Waals surface area contributed by atoms with Crippen molar-refractivity contribution in [3.63, 3.8) is 0 Å². The summed E-state index contributed by atoms with van der Waals surface area (Å²) >= 11 is 0. The first-order valence-electron chi connectivity index (χ1n) is 6.00.